The Morgan fingerprint density at radius 2 is 2.53 bits per heavy atom. The van der Waals surface area contributed by atoms with Gasteiger partial charge in [-0.15, -0.1) is 11.6 Å². The van der Waals surface area contributed by atoms with Gasteiger partial charge in [-0.3, -0.25) is 4.79 Å². The number of alkyl halides is 1. The third kappa shape index (κ3) is 2.00. The average Bonchev–Trinajstić information content (AvgIpc) is 2.63. The van der Waals surface area contributed by atoms with Gasteiger partial charge < -0.3 is 9.88 Å². The molecule has 1 fully saturated rings. The number of nitrogens with zero attached hydrogens (tertiary/aromatic N) is 2. The maximum atomic E-state index is 11.5. The summed E-state index contributed by atoms with van der Waals surface area (Å²) in [5.74, 6) is 1.13. The number of anilines is 1. The van der Waals surface area contributed by atoms with Crippen LogP contribution in [0.1, 0.15) is 13.3 Å². The van der Waals surface area contributed by atoms with E-state index in [2.05, 4.69) is 16.9 Å². The molecule has 1 aromatic rings. The van der Waals surface area contributed by atoms with Gasteiger partial charge in [-0.05, 0) is 6.42 Å². The Balaban J connectivity index is 2.22. The minimum Gasteiger partial charge on any atom is -0.351 e. The van der Waals surface area contributed by atoms with Crippen LogP contribution in [0.3, 0.4) is 0 Å². The number of aromatic amines is 1. The van der Waals surface area contributed by atoms with Crippen LogP contribution in [0.4, 0.5) is 5.82 Å². The number of hydrogen-bond donors (Lipinski definition) is 1. The molecule has 0 spiro atoms. The second kappa shape index (κ2) is 3.85. The summed E-state index contributed by atoms with van der Waals surface area (Å²) in [4.78, 5) is 20.2. The molecular formula is C10H14ClN3O. The van der Waals surface area contributed by atoms with Gasteiger partial charge in [0.05, 0.1) is 0 Å². The molecule has 82 valence electrons. The van der Waals surface area contributed by atoms with E-state index in [0.29, 0.717) is 11.7 Å². The predicted molar refractivity (Wildman–Crippen MR) is 60.5 cm³/mol. The van der Waals surface area contributed by atoms with Gasteiger partial charge in [0.1, 0.15) is 0 Å². The first-order valence-corrected chi connectivity index (χ1v) is 5.53. The topological polar surface area (TPSA) is 49.0 Å². The van der Waals surface area contributed by atoms with Gasteiger partial charge in [0.15, 0.2) is 5.82 Å². The summed E-state index contributed by atoms with van der Waals surface area (Å²) in [6.07, 6.45) is 4.16. The van der Waals surface area contributed by atoms with Crippen molar-refractivity contribution in [2.45, 2.75) is 13.3 Å². The fourth-order valence-corrected chi connectivity index (χ4v) is 2.10. The maximum absolute atomic E-state index is 11.5. The smallest absolute Gasteiger partial charge is 0.290 e. The normalized spacial score (nSPS) is 25.9. The molecule has 1 atom stereocenters. The second-order valence-corrected chi connectivity index (χ2v) is 4.63. The molecule has 0 aromatic carbocycles. The fraction of sp³-hybridized carbons (Fsp3) is 0.600. The van der Waals surface area contributed by atoms with E-state index in [4.69, 9.17) is 11.6 Å². The van der Waals surface area contributed by atoms with Crippen LogP contribution in [0.15, 0.2) is 17.2 Å². The lowest BCUT2D eigenvalue weighted by atomic mass is 9.93. The summed E-state index contributed by atoms with van der Waals surface area (Å²) in [6, 6.07) is 0. The highest BCUT2D eigenvalue weighted by Crippen LogP contribution is 2.32. The Kier molecular flexibility index (Phi) is 2.69. The van der Waals surface area contributed by atoms with Gasteiger partial charge in [-0.25, -0.2) is 4.98 Å². The van der Waals surface area contributed by atoms with Crippen molar-refractivity contribution in [1.29, 1.82) is 0 Å². The molecular weight excluding hydrogens is 214 g/mol. The molecule has 2 rings (SSSR count). The van der Waals surface area contributed by atoms with E-state index in [-0.39, 0.29) is 11.0 Å². The molecule has 1 aliphatic rings. The van der Waals surface area contributed by atoms with Crippen molar-refractivity contribution in [1.82, 2.24) is 9.97 Å². The van der Waals surface area contributed by atoms with E-state index >= 15 is 0 Å². The fourth-order valence-electron chi connectivity index (χ4n) is 1.88. The van der Waals surface area contributed by atoms with E-state index in [1.165, 1.54) is 0 Å². The molecule has 0 radical (unpaired) electrons. The summed E-state index contributed by atoms with van der Waals surface area (Å²) in [5, 5.41) is 0. The van der Waals surface area contributed by atoms with Crippen LogP contribution >= 0.6 is 11.6 Å². The Bertz CT molecular complexity index is 406. The molecule has 0 amide bonds. The number of H-pyrrole nitrogens is 1. The summed E-state index contributed by atoms with van der Waals surface area (Å²) in [7, 11) is 0. The van der Waals surface area contributed by atoms with Crippen LogP contribution < -0.4 is 10.5 Å². The predicted octanol–water partition coefficient (Wildman–Crippen LogP) is 1.23. The van der Waals surface area contributed by atoms with Crippen molar-refractivity contribution < 1.29 is 0 Å². The first-order valence-electron chi connectivity index (χ1n) is 4.99. The zero-order chi connectivity index (χ0) is 10.9. The van der Waals surface area contributed by atoms with Gasteiger partial charge >= 0.3 is 0 Å². The van der Waals surface area contributed by atoms with Crippen molar-refractivity contribution in [2.24, 2.45) is 5.41 Å². The molecule has 2 heterocycles. The SMILES string of the molecule is CC1(CCl)CCN(c2ncc[nH]c2=O)C1. The number of aromatic nitrogens is 2. The van der Waals surface area contributed by atoms with Crippen molar-refractivity contribution in [3.63, 3.8) is 0 Å². The van der Waals surface area contributed by atoms with Crippen LogP contribution in [-0.2, 0) is 0 Å². The van der Waals surface area contributed by atoms with Crippen molar-refractivity contribution in [3.05, 3.63) is 22.7 Å². The third-order valence-corrected chi connectivity index (χ3v) is 3.51. The highest BCUT2D eigenvalue weighted by atomic mass is 35.5. The largest absolute Gasteiger partial charge is 0.351 e. The van der Waals surface area contributed by atoms with Crippen molar-refractivity contribution in [2.75, 3.05) is 23.9 Å². The van der Waals surface area contributed by atoms with E-state index < -0.39 is 0 Å². The van der Waals surface area contributed by atoms with Gasteiger partial charge in [-0.1, -0.05) is 6.92 Å². The minimum atomic E-state index is -0.128. The Hall–Kier alpha value is -1.03. The van der Waals surface area contributed by atoms with Gasteiger partial charge in [0, 0.05) is 36.8 Å². The maximum Gasteiger partial charge on any atom is 0.290 e. The van der Waals surface area contributed by atoms with E-state index in [9.17, 15) is 4.79 Å². The lowest BCUT2D eigenvalue weighted by Crippen LogP contribution is -2.30. The average molecular weight is 228 g/mol. The lowest BCUT2D eigenvalue weighted by Gasteiger charge is -2.21. The van der Waals surface area contributed by atoms with E-state index in [1.54, 1.807) is 12.4 Å². The summed E-state index contributed by atoms with van der Waals surface area (Å²) >= 11 is 5.91. The van der Waals surface area contributed by atoms with E-state index in [1.807, 2.05) is 4.90 Å². The standard InChI is InChI=1S/C10H14ClN3O/c1-10(6-11)2-5-14(7-10)8-9(15)13-4-3-12-8/h3-4H,2,5-7H2,1H3,(H,13,15). The quantitative estimate of drug-likeness (QED) is 0.773. The Morgan fingerprint density at radius 3 is 3.13 bits per heavy atom. The molecule has 1 saturated heterocycles. The number of halogens is 1. The third-order valence-electron chi connectivity index (χ3n) is 2.87. The minimum absolute atomic E-state index is 0.103. The van der Waals surface area contributed by atoms with Crippen LogP contribution in [0.5, 0.6) is 0 Å². The Labute approximate surface area is 93.3 Å². The van der Waals surface area contributed by atoms with Crippen LogP contribution in [-0.4, -0.2) is 28.9 Å². The molecule has 1 aromatic heterocycles. The van der Waals surface area contributed by atoms with Gasteiger partial charge in [0.2, 0.25) is 0 Å². The number of rotatable bonds is 2. The zero-order valence-electron chi connectivity index (χ0n) is 8.66. The monoisotopic (exact) mass is 227 g/mol. The summed E-state index contributed by atoms with van der Waals surface area (Å²) < 4.78 is 0. The second-order valence-electron chi connectivity index (χ2n) is 4.36. The first-order chi connectivity index (χ1) is 7.14. The van der Waals surface area contributed by atoms with Crippen molar-refractivity contribution >= 4 is 17.4 Å². The van der Waals surface area contributed by atoms with Gasteiger partial charge in [-0.2, -0.15) is 0 Å². The molecule has 1 unspecified atom stereocenters. The molecule has 0 aliphatic carbocycles. The summed E-state index contributed by atoms with van der Waals surface area (Å²) in [5.41, 5.74) is -0.0257. The van der Waals surface area contributed by atoms with Crippen LogP contribution in [0, 0.1) is 5.41 Å². The molecule has 1 aliphatic heterocycles. The highest BCUT2D eigenvalue weighted by molar-refractivity contribution is 6.18. The molecule has 1 N–H and O–H groups in total. The van der Waals surface area contributed by atoms with Gasteiger partial charge in [0.25, 0.3) is 5.56 Å². The number of nitrogens with one attached hydrogen (secondary N) is 1. The zero-order valence-corrected chi connectivity index (χ0v) is 9.42. The lowest BCUT2D eigenvalue weighted by molar-refractivity contribution is 0.425. The summed E-state index contributed by atoms with van der Waals surface area (Å²) in [6.45, 7) is 3.79. The highest BCUT2D eigenvalue weighted by Gasteiger charge is 2.34. The molecule has 0 saturated carbocycles. The number of hydrogen-bond acceptors (Lipinski definition) is 3. The Morgan fingerprint density at radius 1 is 1.73 bits per heavy atom. The molecule has 0 bridgehead atoms. The molecule has 15 heavy (non-hydrogen) atoms. The first kappa shape index (κ1) is 10.5. The molecule has 4 nitrogen and oxygen atoms in total. The van der Waals surface area contributed by atoms with Crippen LogP contribution in [0.25, 0.3) is 0 Å². The van der Waals surface area contributed by atoms with Crippen LogP contribution in [0.2, 0.25) is 0 Å². The van der Waals surface area contributed by atoms with E-state index in [0.717, 1.165) is 19.5 Å². The van der Waals surface area contributed by atoms with Crippen molar-refractivity contribution in [3.8, 4) is 0 Å². The molecule has 5 heteroatoms.